The molecule has 2 aromatic heterocycles. The maximum Gasteiger partial charge on any atom is 0.218 e. The minimum absolute atomic E-state index is 0.322. The Morgan fingerprint density at radius 1 is 0.786 bits per heavy atom. The van der Waals surface area contributed by atoms with E-state index in [2.05, 4.69) is 6.07 Å². The molecule has 0 amide bonds. The molecular weight excluding hydrogens is 386 g/mol. The Kier molecular flexibility index (Phi) is 3.89. The molecule has 5 aromatic rings. The van der Waals surface area contributed by atoms with E-state index >= 15 is 0 Å². The Bertz CT molecular complexity index is 1410. The number of nitrogens with zero attached hydrogens (tertiary/aromatic N) is 1. The summed E-state index contributed by atoms with van der Waals surface area (Å²) in [6.45, 7) is 0. The van der Waals surface area contributed by atoms with Crippen molar-refractivity contribution in [2.45, 2.75) is 9.10 Å². The first-order valence-electron chi connectivity index (χ1n) is 8.94. The van der Waals surface area contributed by atoms with Crippen LogP contribution >= 0.6 is 11.3 Å². The molecule has 0 radical (unpaired) electrons. The molecule has 3 aromatic carbocycles. The molecule has 0 spiro atoms. The summed E-state index contributed by atoms with van der Waals surface area (Å²) in [6, 6.07) is 26.8. The van der Waals surface area contributed by atoms with Crippen LogP contribution in [0, 0.1) is 0 Å². The number of hydrogen-bond donors (Lipinski definition) is 0. The molecule has 5 heteroatoms. The van der Waals surface area contributed by atoms with Crippen LogP contribution in [-0.2, 0) is 16.9 Å². The Labute approximate surface area is 167 Å². The molecular formula is C23H17NO2S2. The van der Waals surface area contributed by atoms with Crippen molar-refractivity contribution in [1.29, 1.82) is 0 Å². The highest BCUT2D eigenvalue weighted by atomic mass is 32.2. The molecule has 0 aliphatic heterocycles. The molecule has 5 rings (SSSR count). The molecule has 28 heavy (non-hydrogen) atoms. The van der Waals surface area contributed by atoms with Gasteiger partial charge in [-0.25, -0.2) is 8.42 Å². The van der Waals surface area contributed by atoms with Gasteiger partial charge in [0.15, 0.2) is 0 Å². The Balaban J connectivity index is 1.94. The summed E-state index contributed by atoms with van der Waals surface area (Å²) in [5.74, 6) is 0. The van der Waals surface area contributed by atoms with Crippen LogP contribution in [0.1, 0.15) is 0 Å². The summed E-state index contributed by atoms with van der Waals surface area (Å²) in [6.07, 6.45) is 0. The van der Waals surface area contributed by atoms with Gasteiger partial charge >= 0.3 is 0 Å². The van der Waals surface area contributed by atoms with Gasteiger partial charge in [0.1, 0.15) is 4.21 Å². The topological polar surface area (TPSA) is 39.1 Å². The first-order chi connectivity index (χ1) is 13.6. The largest absolute Gasteiger partial charge is 0.342 e. The van der Waals surface area contributed by atoms with Crippen LogP contribution in [0.15, 0.2) is 94.0 Å². The van der Waals surface area contributed by atoms with Crippen LogP contribution in [-0.4, -0.2) is 13.0 Å². The molecule has 3 nitrogen and oxygen atoms in total. The molecule has 2 heterocycles. The van der Waals surface area contributed by atoms with Gasteiger partial charge in [0, 0.05) is 28.2 Å². The average molecular weight is 404 g/mol. The van der Waals surface area contributed by atoms with Gasteiger partial charge in [0.05, 0.1) is 10.4 Å². The second kappa shape index (κ2) is 6.33. The van der Waals surface area contributed by atoms with Gasteiger partial charge in [-0.3, -0.25) is 0 Å². The van der Waals surface area contributed by atoms with Crippen LogP contribution < -0.4 is 0 Å². The lowest BCUT2D eigenvalue weighted by Crippen LogP contribution is -2.01. The molecule has 0 saturated heterocycles. The number of aryl methyl sites for hydroxylation is 1. The fourth-order valence-electron chi connectivity index (χ4n) is 3.74. The summed E-state index contributed by atoms with van der Waals surface area (Å²) in [7, 11) is -1.68. The normalized spacial score (nSPS) is 12.0. The van der Waals surface area contributed by atoms with Crippen molar-refractivity contribution in [2.75, 3.05) is 0 Å². The summed E-state index contributed by atoms with van der Waals surface area (Å²) < 4.78 is 29.4. The van der Waals surface area contributed by atoms with Gasteiger partial charge in [0.25, 0.3) is 0 Å². The SMILES string of the molecule is Cn1c2ccccc2c2c(-c3ccccc3)sc(S(=O)(=O)c3ccccc3)c21. The zero-order chi connectivity index (χ0) is 19.3. The highest BCUT2D eigenvalue weighted by Crippen LogP contribution is 2.46. The third-order valence-corrected chi connectivity index (χ3v) is 8.56. The lowest BCUT2D eigenvalue weighted by molar-refractivity contribution is 0.598. The highest BCUT2D eigenvalue weighted by Gasteiger charge is 2.29. The number of sulfone groups is 1. The molecule has 0 N–H and O–H groups in total. The van der Waals surface area contributed by atoms with Crippen LogP contribution in [0.3, 0.4) is 0 Å². The molecule has 138 valence electrons. The van der Waals surface area contributed by atoms with E-state index < -0.39 is 9.84 Å². The minimum Gasteiger partial charge on any atom is -0.342 e. The maximum atomic E-state index is 13.5. The summed E-state index contributed by atoms with van der Waals surface area (Å²) in [5.41, 5.74) is 2.83. The summed E-state index contributed by atoms with van der Waals surface area (Å²) in [5, 5.41) is 2.08. The average Bonchev–Trinajstić information content (AvgIpc) is 3.27. The fourth-order valence-corrected chi connectivity index (χ4v) is 7.02. The van der Waals surface area contributed by atoms with Crippen LogP contribution in [0.2, 0.25) is 0 Å². The number of thiophene rings is 1. The fraction of sp³-hybridized carbons (Fsp3) is 0.0435. The third kappa shape index (κ3) is 2.44. The van der Waals surface area contributed by atoms with Crippen molar-refractivity contribution in [2.24, 2.45) is 7.05 Å². The smallest absolute Gasteiger partial charge is 0.218 e. The number of para-hydroxylation sites is 1. The summed E-state index contributed by atoms with van der Waals surface area (Å²) in [4.78, 5) is 1.31. The van der Waals surface area contributed by atoms with E-state index in [0.29, 0.717) is 9.10 Å². The lowest BCUT2D eigenvalue weighted by atomic mass is 10.1. The predicted octanol–water partition coefficient (Wildman–Crippen LogP) is 5.89. The Morgan fingerprint density at radius 3 is 2.11 bits per heavy atom. The number of benzene rings is 3. The minimum atomic E-state index is -3.63. The van der Waals surface area contributed by atoms with Crippen molar-refractivity contribution >= 4 is 43.0 Å². The van der Waals surface area contributed by atoms with E-state index in [1.165, 1.54) is 11.3 Å². The summed E-state index contributed by atoms with van der Waals surface area (Å²) >= 11 is 1.35. The van der Waals surface area contributed by atoms with Crippen molar-refractivity contribution in [1.82, 2.24) is 4.57 Å². The van der Waals surface area contributed by atoms with E-state index in [9.17, 15) is 8.42 Å². The van der Waals surface area contributed by atoms with Gasteiger partial charge in [-0.2, -0.15) is 0 Å². The molecule has 0 saturated carbocycles. The van der Waals surface area contributed by atoms with E-state index in [4.69, 9.17) is 0 Å². The Morgan fingerprint density at radius 2 is 1.39 bits per heavy atom. The molecule has 0 bridgehead atoms. The number of fused-ring (bicyclic) bond motifs is 3. The van der Waals surface area contributed by atoms with E-state index in [0.717, 1.165) is 32.2 Å². The van der Waals surface area contributed by atoms with Crippen LogP contribution in [0.4, 0.5) is 0 Å². The lowest BCUT2D eigenvalue weighted by Gasteiger charge is -2.04. The van der Waals surface area contributed by atoms with Gasteiger partial charge in [0.2, 0.25) is 9.84 Å². The zero-order valence-electron chi connectivity index (χ0n) is 15.2. The van der Waals surface area contributed by atoms with E-state index in [1.807, 2.05) is 66.2 Å². The van der Waals surface area contributed by atoms with Gasteiger partial charge < -0.3 is 4.57 Å². The van der Waals surface area contributed by atoms with Crippen molar-refractivity contribution in [3.8, 4) is 10.4 Å². The number of rotatable bonds is 3. The second-order valence-electron chi connectivity index (χ2n) is 6.70. The van der Waals surface area contributed by atoms with Crippen LogP contribution in [0.25, 0.3) is 32.2 Å². The number of hydrogen-bond acceptors (Lipinski definition) is 3. The van der Waals surface area contributed by atoms with Crippen molar-refractivity contribution in [3.63, 3.8) is 0 Å². The Hall–Kier alpha value is -2.89. The molecule has 0 atom stereocenters. The maximum absolute atomic E-state index is 13.5. The van der Waals surface area contributed by atoms with Gasteiger partial charge in [-0.15, -0.1) is 11.3 Å². The van der Waals surface area contributed by atoms with Crippen LogP contribution in [0.5, 0.6) is 0 Å². The standard InChI is InChI=1S/C23H17NO2S2/c1-24-19-15-9-8-14-18(19)20-21(24)23(27-22(20)16-10-4-2-5-11-16)28(25,26)17-12-6-3-7-13-17/h2-15H,1H3. The van der Waals surface area contributed by atoms with E-state index in [1.54, 1.807) is 24.3 Å². The third-order valence-electron chi connectivity index (χ3n) is 5.06. The van der Waals surface area contributed by atoms with E-state index in [-0.39, 0.29) is 0 Å². The second-order valence-corrected chi connectivity index (χ2v) is 9.87. The zero-order valence-corrected chi connectivity index (χ0v) is 16.8. The predicted molar refractivity (Wildman–Crippen MR) is 116 cm³/mol. The van der Waals surface area contributed by atoms with Gasteiger partial charge in [-0.05, 0) is 23.8 Å². The molecule has 0 aliphatic rings. The van der Waals surface area contributed by atoms with Crippen molar-refractivity contribution < 1.29 is 8.42 Å². The first-order valence-corrected chi connectivity index (χ1v) is 11.2. The monoisotopic (exact) mass is 403 g/mol. The number of aromatic nitrogens is 1. The highest BCUT2D eigenvalue weighted by molar-refractivity contribution is 7.93. The first kappa shape index (κ1) is 17.2. The van der Waals surface area contributed by atoms with Gasteiger partial charge in [-0.1, -0.05) is 66.7 Å². The molecule has 0 unspecified atom stereocenters. The molecule has 0 aliphatic carbocycles. The molecule has 0 fully saturated rings. The van der Waals surface area contributed by atoms with Crippen molar-refractivity contribution in [3.05, 3.63) is 84.9 Å². The quantitative estimate of drug-likeness (QED) is 0.377.